The van der Waals surface area contributed by atoms with E-state index in [2.05, 4.69) is 9.93 Å². The molecular formula is C15H10FN3O2S. The summed E-state index contributed by atoms with van der Waals surface area (Å²) in [5.41, 5.74) is 2.41. The van der Waals surface area contributed by atoms with Gasteiger partial charge in [-0.05, 0) is 42.0 Å². The third kappa shape index (κ3) is 2.69. The summed E-state index contributed by atoms with van der Waals surface area (Å²) >= 11 is 0. The average molecular weight is 315 g/mol. The first-order valence-electron chi connectivity index (χ1n) is 6.35. The fourth-order valence-electron chi connectivity index (χ4n) is 2.25. The van der Waals surface area contributed by atoms with Crippen LogP contribution in [0.2, 0.25) is 0 Å². The van der Waals surface area contributed by atoms with E-state index in [0.717, 1.165) is 0 Å². The lowest BCUT2D eigenvalue weighted by atomic mass is 9.96. The fourth-order valence-corrected chi connectivity index (χ4v) is 3.20. The number of nitrogens with one attached hydrogen (secondary N) is 1. The van der Waals surface area contributed by atoms with Crippen molar-refractivity contribution >= 4 is 15.7 Å². The van der Waals surface area contributed by atoms with Crippen LogP contribution in [0.15, 0.2) is 47.6 Å². The maximum atomic E-state index is 13.1. The third-order valence-electron chi connectivity index (χ3n) is 3.25. The predicted molar refractivity (Wildman–Crippen MR) is 79.0 cm³/mol. The van der Waals surface area contributed by atoms with Gasteiger partial charge in [-0.15, -0.1) is 0 Å². The highest BCUT2D eigenvalue weighted by molar-refractivity contribution is 7.88. The van der Waals surface area contributed by atoms with Gasteiger partial charge in [0, 0.05) is 11.1 Å². The molecule has 7 heteroatoms. The van der Waals surface area contributed by atoms with E-state index < -0.39 is 15.8 Å². The number of fused-ring (bicyclic) bond motifs is 1. The molecule has 0 atom stereocenters. The Morgan fingerprint density at radius 1 is 1.18 bits per heavy atom. The zero-order valence-electron chi connectivity index (χ0n) is 11.2. The highest BCUT2D eigenvalue weighted by Gasteiger charge is 2.22. The van der Waals surface area contributed by atoms with Gasteiger partial charge in [-0.3, -0.25) is 0 Å². The molecular weight excluding hydrogens is 305 g/mol. The van der Waals surface area contributed by atoms with Crippen molar-refractivity contribution in [1.29, 1.82) is 5.26 Å². The average Bonchev–Trinajstić information content (AvgIpc) is 2.62. The van der Waals surface area contributed by atoms with E-state index in [4.69, 9.17) is 5.26 Å². The zero-order chi connectivity index (χ0) is 15.7. The van der Waals surface area contributed by atoms with Crippen LogP contribution in [0, 0.1) is 17.1 Å². The number of halogens is 1. The van der Waals surface area contributed by atoms with Crippen LogP contribution in [-0.2, 0) is 15.8 Å². The molecule has 110 valence electrons. The topological polar surface area (TPSA) is 82.3 Å². The van der Waals surface area contributed by atoms with E-state index in [-0.39, 0.29) is 5.75 Å². The molecule has 2 aromatic rings. The summed E-state index contributed by atoms with van der Waals surface area (Å²) < 4.78 is 36.9. The van der Waals surface area contributed by atoms with E-state index in [1.165, 1.54) is 30.3 Å². The summed E-state index contributed by atoms with van der Waals surface area (Å²) in [4.78, 5) is 2.15. The van der Waals surface area contributed by atoms with Crippen LogP contribution in [0.25, 0.3) is 0 Å². The first kappa shape index (κ1) is 14.2. The van der Waals surface area contributed by atoms with Crippen LogP contribution in [0.3, 0.4) is 0 Å². The molecule has 0 aromatic heterocycles. The van der Waals surface area contributed by atoms with Crippen molar-refractivity contribution in [1.82, 2.24) is 4.83 Å². The lowest BCUT2D eigenvalue weighted by molar-refractivity contribution is 0.584. The Bertz CT molecular complexity index is 913. The molecule has 0 amide bonds. The fraction of sp³-hybridized carbons (Fsp3) is 0.0667. The quantitative estimate of drug-likeness (QED) is 0.872. The maximum absolute atomic E-state index is 13.1. The standard InChI is InChI=1S/C15H10FN3O2S/c16-13-4-2-11(3-5-13)15-14-6-1-10(8-17)7-12(14)9-22(20,21)19-18-15/h1-7,19H,9H2. The van der Waals surface area contributed by atoms with Crippen molar-refractivity contribution in [3.05, 3.63) is 70.5 Å². The van der Waals surface area contributed by atoms with Gasteiger partial charge < -0.3 is 0 Å². The lowest BCUT2D eigenvalue weighted by Crippen LogP contribution is -2.18. The number of nitriles is 1. The predicted octanol–water partition coefficient (Wildman–Crippen LogP) is 1.88. The van der Waals surface area contributed by atoms with Crippen LogP contribution in [0.1, 0.15) is 22.3 Å². The number of benzene rings is 2. The summed E-state index contributed by atoms with van der Waals surface area (Å²) in [7, 11) is -3.63. The molecule has 1 aliphatic rings. The molecule has 0 spiro atoms. The Labute approximate surface area is 126 Å². The maximum Gasteiger partial charge on any atom is 0.251 e. The minimum absolute atomic E-state index is 0.272. The Balaban J connectivity index is 2.21. The summed E-state index contributed by atoms with van der Waals surface area (Å²) in [5.74, 6) is -0.662. The van der Waals surface area contributed by atoms with E-state index in [9.17, 15) is 12.8 Å². The van der Waals surface area contributed by atoms with Crippen LogP contribution >= 0.6 is 0 Å². The molecule has 2 aromatic carbocycles. The molecule has 1 aliphatic heterocycles. The Kier molecular flexibility index (Phi) is 3.39. The second-order valence-electron chi connectivity index (χ2n) is 4.80. The van der Waals surface area contributed by atoms with Gasteiger partial charge in [0.25, 0.3) is 10.0 Å². The number of nitrogens with zero attached hydrogens (tertiary/aromatic N) is 2. The van der Waals surface area contributed by atoms with E-state index >= 15 is 0 Å². The van der Waals surface area contributed by atoms with Crippen molar-refractivity contribution in [2.75, 3.05) is 0 Å². The van der Waals surface area contributed by atoms with Crippen molar-refractivity contribution < 1.29 is 12.8 Å². The second-order valence-corrected chi connectivity index (χ2v) is 6.50. The van der Waals surface area contributed by atoms with Gasteiger partial charge in [-0.25, -0.2) is 17.6 Å². The summed E-state index contributed by atoms with van der Waals surface area (Å²) in [6, 6.07) is 12.4. The van der Waals surface area contributed by atoms with Gasteiger partial charge in [0.05, 0.1) is 23.1 Å². The molecule has 0 bridgehead atoms. The highest BCUT2D eigenvalue weighted by Crippen LogP contribution is 2.22. The van der Waals surface area contributed by atoms with Crippen molar-refractivity contribution in [2.45, 2.75) is 5.75 Å². The number of rotatable bonds is 1. The SMILES string of the molecule is N#Cc1ccc2c(c1)CS(=O)(=O)NN=C2c1ccc(F)cc1. The molecule has 0 saturated heterocycles. The van der Waals surface area contributed by atoms with Crippen LogP contribution in [0.5, 0.6) is 0 Å². The van der Waals surface area contributed by atoms with E-state index in [1.54, 1.807) is 12.1 Å². The highest BCUT2D eigenvalue weighted by atomic mass is 32.2. The second kappa shape index (κ2) is 5.24. The summed E-state index contributed by atoms with van der Waals surface area (Å²) in [5, 5.41) is 12.9. The smallest absolute Gasteiger partial charge is 0.207 e. The van der Waals surface area contributed by atoms with Crippen LogP contribution < -0.4 is 4.83 Å². The first-order chi connectivity index (χ1) is 10.5. The van der Waals surface area contributed by atoms with E-state index in [0.29, 0.717) is 28.0 Å². The number of hydrogen-bond donors (Lipinski definition) is 1. The Hall–Kier alpha value is -2.72. The molecule has 0 radical (unpaired) electrons. The van der Waals surface area contributed by atoms with Crippen molar-refractivity contribution in [3.63, 3.8) is 0 Å². The number of sulfonamides is 1. The Morgan fingerprint density at radius 3 is 2.59 bits per heavy atom. The van der Waals surface area contributed by atoms with Crippen molar-refractivity contribution in [3.8, 4) is 6.07 Å². The van der Waals surface area contributed by atoms with Crippen LogP contribution in [0.4, 0.5) is 4.39 Å². The van der Waals surface area contributed by atoms with Gasteiger partial charge in [-0.1, -0.05) is 6.07 Å². The molecule has 5 nitrogen and oxygen atoms in total. The van der Waals surface area contributed by atoms with E-state index in [1.807, 2.05) is 6.07 Å². The molecule has 22 heavy (non-hydrogen) atoms. The molecule has 0 saturated carbocycles. The lowest BCUT2D eigenvalue weighted by Gasteiger charge is -2.08. The molecule has 1 heterocycles. The molecule has 3 rings (SSSR count). The zero-order valence-corrected chi connectivity index (χ0v) is 12.1. The number of hydrogen-bond acceptors (Lipinski definition) is 4. The van der Waals surface area contributed by atoms with Gasteiger partial charge >= 0.3 is 0 Å². The van der Waals surface area contributed by atoms with Gasteiger partial charge in [-0.2, -0.15) is 10.4 Å². The molecule has 0 unspecified atom stereocenters. The molecule has 1 N–H and O–H groups in total. The van der Waals surface area contributed by atoms with Gasteiger partial charge in [0.15, 0.2) is 0 Å². The van der Waals surface area contributed by atoms with Gasteiger partial charge in [0.2, 0.25) is 0 Å². The largest absolute Gasteiger partial charge is 0.251 e. The normalized spacial score (nSPS) is 15.7. The number of hydrazone groups is 1. The Morgan fingerprint density at radius 2 is 1.91 bits per heavy atom. The third-order valence-corrected chi connectivity index (χ3v) is 4.31. The summed E-state index contributed by atoms with van der Waals surface area (Å²) in [6.45, 7) is 0. The van der Waals surface area contributed by atoms with Crippen molar-refractivity contribution in [2.24, 2.45) is 5.10 Å². The molecule has 0 fully saturated rings. The summed E-state index contributed by atoms with van der Waals surface area (Å²) in [6.07, 6.45) is 0. The van der Waals surface area contributed by atoms with Gasteiger partial charge in [0.1, 0.15) is 5.82 Å². The van der Waals surface area contributed by atoms with Crippen LogP contribution in [-0.4, -0.2) is 14.1 Å². The minimum atomic E-state index is -3.63. The monoisotopic (exact) mass is 315 g/mol. The molecule has 0 aliphatic carbocycles. The first-order valence-corrected chi connectivity index (χ1v) is 8.00. The minimum Gasteiger partial charge on any atom is -0.207 e.